The largest absolute Gasteiger partial charge is 0.481 e. The molecule has 3 aliphatic rings. The number of unbranched alkanes of at least 4 members (excludes halogenated alkanes) is 7. The highest BCUT2D eigenvalue weighted by molar-refractivity contribution is 7.86. The van der Waals surface area contributed by atoms with E-state index in [0.29, 0.717) is 111 Å². The van der Waals surface area contributed by atoms with Gasteiger partial charge in [0.15, 0.2) is 11.5 Å². The Morgan fingerprint density at radius 2 is 1.29 bits per heavy atom. The number of urea groups is 1. The number of hydrogen-bond acceptors (Lipinski definition) is 16. The molecule has 552 valence electrons. The van der Waals surface area contributed by atoms with E-state index in [-0.39, 0.29) is 81.6 Å². The highest BCUT2D eigenvalue weighted by Crippen LogP contribution is 2.49. The van der Waals surface area contributed by atoms with Gasteiger partial charge < -0.3 is 46.0 Å². The van der Waals surface area contributed by atoms with Crippen LogP contribution in [0, 0.1) is 5.92 Å². The molecular weight excluding hydrogens is 1370 g/mol. The molecular formula is C71H94N5O22S3+. The third-order valence-electron chi connectivity index (χ3n) is 18.2. The van der Waals surface area contributed by atoms with Crippen LogP contribution < -0.4 is 25.6 Å². The van der Waals surface area contributed by atoms with Crippen molar-refractivity contribution < 1.29 is 107 Å². The van der Waals surface area contributed by atoms with Gasteiger partial charge in [-0.05, 0) is 149 Å². The second kappa shape index (κ2) is 37.0. The summed E-state index contributed by atoms with van der Waals surface area (Å²) in [7, 11) is -13.1. The zero-order valence-electron chi connectivity index (χ0n) is 57.4. The van der Waals surface area contributed by atoms with Crippen molar-refractivity contribution in [2.24, 2.45) is 5.92 Å². The fourth-order valence-corrected chi connectivity index (χ4v) is 14.5. The fraction of sp³-hybridized carbons (Fsp3) is 0.507. The summed E-state index contributed by atoms with van der Waals surface area (Å²) in [5.74, 6) is -8.03. The van der Waals surface area contributed by atoms with E-state index in [9.17, 15) is 92.6 Å². The average Bonchev–Trinajstić information content (AvgIpc) is 1.60. The molecule has 30 heteroatoms. The van der Waals surface area contributed by atoms with Gasteiger partial charge in [-0.25, -0.2) is 9.59 Å². The molecule has 1 aliphatic carbocycles. The minimum absolute atomic E-state index is 0.0280. The van der Waals surface area contributed by atoms with Gasteiger partial charge in [-0.3, -0.25) is 42.4 Å². The summed E-state index contributed by atoms with van der Waals surface area (Å²) in [6.45, 7) is 8.69. The number of Topliss-reactive ketones (excluding diaryl/α,β-unsaturated/α-hetero) is 2. The average molecular weight is 1470 g/mol. The third-order valence-corrected chi connectivity index (χ3v) is 20.7. The maximum atomic E-state index is 13.8. The number of amides is 3. The van der Waals surface area contributed by atoms with E-state index in [1.807, 2.05) is 67.3 Å². The minimum atomic E-state index is -4.61. The Hall–Kier alpha value is -8.42. The highest BCUT2D eigenvalue weighted by Gasteiger charge is 2.45. The van der Waals surface area contributed by atoms with Gasteiger partial charge in [-0.15, -0.1) is 0 Å². The first-order valence-corrected chi connectivity index (χ1v) is 38.5. The van der Waals surface area contributed by atoms with Crippen molar-refractivity contribution in [2.45, 2.75) is 197 Å². The number of carboxylic acids is 4. The van der Waals surface area contributed by atoms with Crippen LogP contribution in [0.4, 0.5) is 16.2 Å². The molecule has 2 heterocycles. The molecule has 0 saturated heterocycles. The zero-order valence-corrected chi connectivity index (χ0v) is 59.8. The Morgan fingerprint density at radius 3 is 1.92 bits per heavy atom. The third kappa shape index (κ3) is 25.3. The van der Waals surface area contributed by atoms with Crippen LogP contribution in [0.2, 0.25) is 0 Å². The lowest BCUT2D eigenvalue weighted by Gasteiger charge is -2.27. The first-order valence-electron chi connectivity index (χ1n) is 33.9. The molecule has 0 aromatic heterocycles. The first-order chi connectivity index (χ1) is 47.4. The van der Waals surface area contributed by atoms with E-state index in [1.165, 1.54) is 12.1 Å². The molecule has 6 rings (SSSR count). The summed E-state index contributed by atoms with van der Waals surface area (Å²) in [6.07, 6.45) is 12.5. The smallest absolute Gasteiger partial charge is 0.326 e. The molecule has 27 nitrogen and oxygen atoms in total. The Kier molecular flexibility index (Phi) is 29.8. The summed E-state index contributed by atoms with van der Waals surface area (Å²) in [5, 5.41) is 45.5. The lowest BCUT2D eigenvalue weighted by atomic mass is 9.81. The summed E-state index contributed by atoms with van der Waals surface area (Å²) < 4.78 is 110. The lowest BCUT2D eigenvalue weighted by Crippen LogP contribution is -2.46. The Labute approximate surface area is 589 Å². The summed E-state index contributed by atoms with van der Waals surface area (Å²) in [4.78, 5) is 100. The number of ether oxygens (including phenoxy) is 1. The quantitative estimate of drug-likeness (QED) is 0.0143. The number of carbonyl (C=O) groups is 8. The van der Waals surface area contributed by atoms with Crippen molar-refractivity contribution in [2.75, 3.05) is 36.0 Å². The number of para-hydroxylation sites is 1. The van der Waals surface area contributed by atoms with Gasteiger partial charge in [-0.2, -0.15) is 29.8 Å². The Morgan fingerprint density at radius 1 is 0.634 bits per heavy atom. The van der Waals surface area contributed by atoms with Crippen molar-refractivity contribution >= 4 is 94.8 Å². The number of carbonyl (C=O) groups excluding carboxylic acids is 4. The van der Waals surface area contributed by atoms with E-state index >= 15 is 0 Å². The first kappa shape index (κ1) is 81.5. The predicted octanol–water partition coefficient (Wildman–Crippen LogP) is 9.58. The zero-order chi connectivity index (χ0) is 74.5. The number of allylic oxidation sites excluding steroid dienone is 7. The maximum absolute atomic E-state index is 13.8. The number of rotatable bonds is 43. The molecule has 3 aromatic rings. The van der Waals surface area contributed by atoms with Crippen LogP contribution in [0.25, 0.3) is 0 Å². The van der Waals surface area contributed by atoms with Crippen molar-refractivity contribution in [3.05, 3.63) is 130 Å². The molecule has 10 N–H and O–H groups in total. The molecule has 0 saturated carbocycles. The van der Waals surface area contributed by atoms with Crippen LogP contribution in [0.1, 0.15) is 179 Å². The molecule has 101 heavy (non-hydrogen) atoms. The van der Waals surface area contributed by atoms with E-state index < -0.39 is 125 Å². The van der Waals surface area contributed by atoms with E-state index in [0.717, 1.165) is 28.1 Å². The molecule has 0 fully saturated rings. The van der Waals surface area contributed by atoms with E-state index in [1.54, 1.807) is 30.3 Å². The Bertz CT molecular complexity index is 4060. The van der Waals surface area contributed by atoms with Gasteiger partial charge in [0.2, 0.25) is 11.6 Å². The number of fused-ring (bicyclic) bond motifs is 2. The van der Waals surface area contributed by atoms with E-state index in [2.05, 4.69) is 34.4 Å². The van der Waals surface area contributed by atoms with Crippen LogP contribution in [-0.4, -0.2) is 160 Å². The lowest BCUT2D eigenvalue weighted by molar-refractivity contribution is -0.438. The molecule has 0 bridgehead atoms. The highest BCUT2D eigenvalue weighted by atomic mass is 32.2. The molecule has 3 amide bonds. The summed E-state index contributed by atoms with van der Waals surface area (Å²) in [6, 6.07) is 15.1. The van der Waals surface area contributed by atoms with Gasteiger partial charge in [0, 0.05) is 86.1 Å². The topological polar surface area (TPSA) is 432 Å². The van der Waals surface area contributed by atoms with Crippen LogP contribution in [-0.2, 0) is 81.2 Å². The molecule has 2 aliphatic heterocycles. The fourth-order valence-electron chi connectivity index (χ4n) is 12.8. The number of hydrogen-bond donors (Lipinski definition) is 10. The number of ketones is 2. The summed E-state index contributed by atoms with van der Waals surface area (Å²) >= 11 is 0. The number of nitrogens with zero attached hydrogens (tertiary/aromatic N) is 2. The van der Waals surface area contributed by atoms with Crippen molar-refractivity contribution in [1.82, 2.24) is 16.0 Å². The number of aliphatic carboxylic acids is 4. The molecule has 0 unspecified atom stereocenters. The second-order valence-corrected chi connectivity index (χ2v) is 31.3. The van der Waals surface area contributed by atoms with E-state index in [4.69, 9.17) is 9.84 Å². The van der Waals surface area contributed by atoms with Crippen LogP contribution in [0.5, 0.6) is 5.75 Å². The van der Waals surface area contributed by atoms with Crippen molar-refractivity contribution in [1.29, 1.82) is 0 Å². The predicted molar refractivity (Wildman–Crippen MR) is 375 cm³/mol. The van der Waals surface area contributed by atoms with Gasteiger partial charge in [0.05, 0.1) is 40.2 Å². The normalized spacial score (nSPS) is 16.8. The molecule has 3 atom stereocenters. The molecule has 0 spiro atoms. The molecule has 3 aromatic carbocycles. The second-order valence-electron chi connectivity index (χ2n) is 26.7. The van der Waals surface area contributed by atoms with Crippen LogP contribution in [0.3, 0.4) is 0 Å². The van der Waals surface area contributed by atoms with Crippen LogP contribution >= 0.6 is 0 Å². The summed E-state index contributed by atoms with van der Waals surface area (Å²) in [5.41, 5.74) is 5.41. The number of benzene rings is 3. The maximum Gasteiger partial charge on any atom is 0.326 e. The molecule has 0 radical (unpaired) electrons. The van der Waals surface area contributed by atoms with Gasteiger partial charge >= 0.3 is 29.9 Å². The van der Waals surface area contributed by atoms with Gasteiger partial charge in [-0.1, -0.05) is 75.9 Å². The Balaban J connectivity index is 1.16. The standard InChI is InChI=1S/C71H93N5O22S3/c1-70(2)54-22-11-12-23-58(54)75(39-13-15-41-99(89,90)91)61(70)36-28-48-19-17-20-49(29-37-62-71(3,4)55-45-53(101(95,96)97)33-35-59(55)76(62)40-14-16-42-100(92,93)94)66(48)98-52-31-26-47(27-32-52)43-50(67(84)85)44-60(78)57(46-65(82)83)73-63(79)24-10-8-6-5-7-9-21-51(77)30-34-56(68(86)87)74-69(88)72-38-18-25-64(80)81/h11-12,22-23,26-29,31-33,35-37,45,50,56-57H,5-10,13-21,24-25,30,34,38-44,46H2,1-4H3,(H9-,72,73,74,79,80,81,82,83,84,85,86,87,88,89,90,91,92,93,94,95,96,97)/p+1/t50-,56+,57+/m1/s1. The number of carboxylic acid groups (broad SMARTS) is 4. The van der Waals surface area contributed by atoms with Gasteiger partial charge in [0.25, 0.3) is 30.4 Å². The van der Waals surface area contributed by atoms with Crippen molar-refractivity contribution in [3.63, 3.8) is 0 Å². The van der Waals surface area contributed by atoms with Crippen molar-refractivity contribution in [3.8, 4) is 5.75 Å². The van der Waals surface area contributed by atoms with Gasteiger partial charge in [0.1, 0.15) is 29.9 Å². The monoisotopic (exact) mass is 1460 g/mol. The number of nitrogens with one attached hydrogen (secondary N) is 3. The number of anilines is 1. The van der Waals surface area contributed by atoms with Crippen LogP contribution in [0.15, 0.2) is 119 Å². The SMILES string of the molecule is CC1(C)C(/C=C/C2=C(Oc3ccc(C[C@H](CC(=O)[C@H](CC(=O)O)NC(=O)CCCCCCCCC(=O)CC[C@H](NC(=O)NCCCC(=O)O)C(=O)O)C(=O)O)cc3)C(=C/C=C3/N(CCCCS(=O)(=O)O)c4ccc(S(=O)(=O)O)cc4C3(C)C)/CCC2)=[N+](CCCCS(=O)(=O)O)c2ccccc21. The minimum Gasteiger partial charge on any atom is -0.481 e.